The van der Waals surface area contributed by atoms with Gasteiger partial charge in [-0.15, -0.1) is 0 Å². The molecule has 0 unspecified atom stereocenters. The SMILES string of the molecule is O=C(NNC(=O)c1ccc(Cl)c(Cl)c1)Nc1ccc(F)cc1F. The summed E-state index contributed by atoms with van der Waals surface area (Å²) in [5.74, 6) is -2.38. The van der Waals surface area contributed by atoms with Crippen LogP contribution in [0.15, 0.2) is 36.4 Å². The first-order chi connectivity index (χ1) is 10.9. The second-order valence-electron chi connectivity index (χ2n) is 4.29. The summed E-state index contributed by atoms with van der Waals surface area (Å²) >= 11 is 11.5. The van der Waals surface area contributed by atoms with Gasteiger partial charge in [-0.2, -0.15) is 0 Å². The molecule has 5 nitrogen and oxygen atoms in total. The molecule has 9 heteroatoms. The summed E-state index contributed by atoms with van der Waals surface area (Å²) in [4.78, 5) is 23.4. The molecular formula is C14H9Cl2F2N3O2. The molecule has 0 aliphatic rings. The van der Waals surface area contributed by atoms with Gasteiger partial charge >= 0.3 is 6.03 Å². The van der Waals surface area contributed by atoms with Crippen molar-refractivity contribution in [2.45, 2.75) is 0 Å². The summed E-state index contributed by atoms with van der Waals surface area (Å²) in [6.07, 6.45) is 0. The number of rotatable bonds is 2. The van der Waals surface area contributed by atoms with E-state index in [9.17, 15) is 18.4 Å². The minimum Gasteiger partial charge on any atom is -0.304 e. The van der Waals surface area contributed by atoms with Crippen molar-refractivity contribution in [2.24, 2.45) is 0 Å². The van der Waals surface area contributed by atoms with Crippen molar-refractivity contribution in [3.63, 3.8) is 0 Å². The molecular weight excluding hydrogens is 351 g/mol. The van der Waals surface area contributed by atoms with Gasteiger partial charge in [0, 0.05) is 11.6 Å². The molecule has 0 aliphatic heterocycles. The van der Waals surface area contributed by atoms with Crippen LogP contribution in [0.4, 0.5) is 19.3 Å². The number of carbonyl (C=O) groups is 2. The zero-order valence-electron chi connectivity index (χ0n) is 11.3. The maximum absolute atomic E-state index is 13.4. The van der Waals surface area contributed by atoms with E-state index in [1.807, 2.05) is 5.43 Å². The molecule has 0 bridgehead atoms. The highest BCUT2D eigenvalue weighted by atomic mass is 35.5. The lowest BCUT2D eigenvalue weighted by Crippen LogP contribution is -2.44. The lowest BCUT2D eigenvalue weighted by molar-refractivity contribution is 0.0938. The normalized spacial score (nSPS) is 10.1. The Balaban J connectivity index is 1.93. The van der Waals surface area contributed by atoms with E-state index >= 15 is 0 Å². The second kappa shape index (κ2) is 7.26. The zero-order chi connectivity index (χ0) is 17.0. The largest absolute Gasteiger partial charge is 0.338 e. The van der Waals surface area contributed by atoms with Crippen LogP contribution in [0.2, 0.25) is 10.0 Å². The maximum atomic E-state index is 13.4. The Morgan fingerprint density at radius 2 is 1.65 bits per heavy atom. The molecule has 0 spiro atoms. The summed E-state index contributed by atoms with van der Waals surface area (Å²) < 4.78 is 26.1. The van der Waals surface area contributed by atoms with E-state index in [-0.39, 0.29) is 21.3 Å². The topological polar surface area (TPSA) is 70.2 Å². The Morgan fingerprint density at radius 1 is 0.913 bits per heavy atom. The number of halogens is 4. The Bertz CT molecular complexity index is 772. The van der Waals surface area contributed by atoms with E-state index in [1.54, 1.807) is 0 Å². The standard InChI is InChI=1S/C14H9Cl2F2N3O2/c15-9-3-1-7(5-10(9)16)13(22)20-21-14(23)19-12-4-2-8(17)6-11(12)18/h1-6H,(H,20,22)(H2,19,21,23). The molecule has 3 N–H and O–H groups in total. The predicted molar refractivity (Wildman–Crippen MR) is 82.4 cm³/mol. The fraction of sp³-hybridized carbons (Fsp3) is 0. The first kappa shape index (κ1) is 17.0. The van der Waals surface area contributed by atoms with Gasteiger partial charge in [0.15, 0.2) is 0 Å². The molecule has 0 saturated carbocycles. The Labute approximate surface area is 139 Å². The van der Waals surface area contributed by atoms with Crippen LogP contribution in [0, 0.1) is 11.6 Å². The minimum absolute atomic E-state index is 0.160. The minimum atomic E-state index is -0.948. The van der Waals surface area contributed by atoms with Crippen LogP contribution >= 0.6 is 23.2 Å². The highest BCUT2D eigenvalue weighted by molar-refractivity contribution is 6.42. The molecule has 0 aliphatic carbocycles. The van der Waals surface area contributed by atoms with Crippen LogP contribution in [0.3, 0.4) is 0 Å². The number of amides is 3. The van der Waals surface area contributed by atoms with Gasteiger partial charge in [0.1, 0.15) is 11.6 Å². The fourth-order valence-electron chi connectivity index (χ4n) is 1.57. The lowest BCUT2D eigenvalue weighted by Gasteiger charge is -2.10. The van der Waals surface area contributed by atoms with Gasteiger partial charge in [-0.05, 0) is 30.3 Å². The van der Waals surface area contributed by atoms with E-state index in [0.29, 0.717) is 6.07 Å². The first-order valence-electron chi connectivity index (χ1n) is 6.14. The average Bonchev–Trinajstić information content (AvgIpc) is 2.50. The van der Waals surface area contributed by atoms with E-state index < -0.39 is 23.6 Å². The number of nitrogens with one attached hydrogen (secondary N) is 3. The van der Waals surface area contributed by atoms with Crippen molar-refractivity contribution in [1.29, 1.82) is 0 Å². The number of benzene rings is 2. The molecule has 23 heavy (non-hydrogen) atoms. The fourth-order valence-corrected chi connectivity index (χ4v) is 1.87. The monoisotopic (exact) mass is 359 g/mol. The van der Waals surface area contributed by atoms with Gasteiger partial charge in [-0.25, -0.2) is 19.0 Å². The number of carbonyl (C=O) groups excluding carboxylic acids is 2. The highest BCUT2D eigenvalue weighted by Gasteiger charge is 2.11. The summed E-state index contributed by atoms with van der Waals surface area (Å²) in [6.45, 7) is 0. The smallest absolute Gasteiger partial charge is 0.304 e. The van der Waals surface area contributed by atoms with Crippen LogP contribution in [0.1, 0.15) is 10.4 Å². The van der Waals surface area contributed by atoms with Gasteiger partial charge in [0.25, 0.3) is 5.91 Å². The zero-order valence-corrected chi connectivity index (χ0v) is 12.8. The van der Waals surface area contributed by atoms with Crippen LogP contribution in [-0.2, 0) is 0 Å². The molecule has 2 rings (SSSR count). The summed E-state index contributed by atoms with van der Waals surface area (Å²) in [6, 6.07) is 5.87. The number of hydrogen-bond acceptors (Lipinski definition) is 2. The molecule has 0 saturated heterocycles. The highest BCUT2D eigenvalue weighted by Crippen LogP contribution is 2.22. The summed E-state index contributed by atoms with van der Waals surface area (Å²) in [5, 5.41) is 2.57. The quantitative estimate of drug-likeness (QED) is 0.714. The van der Waals surface area contributed by atoms with Crippen LogP contribution in [0.5, 0.6) is 0 Å². The van der Waals surface area contributed by atoms with E-state index in [1.165, 1.54) is 18.2 Å². The molecule has 3 amide bonds. The molecule has 0 atom stereocenters. The molecule has 120 valence electrons. The van der Waals surface area contributed by atoms with E-state index in [0.717, 1.165) is 12.1 Å². The third-order valence-electron chi connectivity index (χ3n) is 2.65. The van der Waals surface area contributed by atoms with Gasteiger partial charge < -0.3 is 5.32 Å². The number of hydrogen-bond donors (Lipinski definition) is 3. The van der Waals surface area contributed by atoms with Gasteiger partial charge in [0.2, 0.25) is 0 Å². The van der Waals surface area contributed by atoms with Crippen LogP contribution < -0.4 is 16.2 Å². The Morgan fingerprint density at radius 3 is 2.30 bits per heavy atom. The number of urea groups is 1. The van der Waals surface area contributed by atoms with Gasteiger partial charge in [0.05, 0.1) is 15.7 Å². The number of anilines is 1. The molecule has 0 fully saturated rings. The van der Waals surface area contributed by atoms with Crippen molar-refractivity contribution in [3.8, 4) is 0 Å². The summed E-state index contributed by atoms with van der Waals surface area (Å²) in [5.41, 5.74) is 4.03. The van der Waals surface area contributed by atoms with Crippen molar-refractivity contribution < 1.29 is 18.4 Å². The molecule has 0 heterocycles. The molecule has 2 aromatic rings. The third-order valence-corrected chi connectivity index (χ3v) is 3.39. The van der Waals surface area contributed by atoms with E-state index in [4.69, 9.17) is 23.2 Å². The molecule has 0 aromatic heterocycles. The van der Waals surface area contributed by atoms with Crippen LogP contribution in [0.25, 0.3) is 0 Å². The van der Waals surface area contributed by atoms with E-state index in [2.05, 4.69) is 10.7 Å². The lowest BCUT2D eigenvalue weighted by atomic mass is 10.2. The summed E-state index contributed by atoms with van der Waals surface area (Å²) in [7, 11) is 0. The average molecular weight is 360 g/mol. The van der Waals surface area contributed by atoms with Crippen molar-refractivity contribution in [3.05, 3.63) is 63.6 Å². The molecule has 0 radical (unpaired) electrons. The predicted octanol–water partition coefficient (Wildman–Crippen LogP) is 3.74. The second-order valence-corrected chi connectivity index (χ2v) is 5.10. The first-order valence-corrected chi connectivity index (χ1v) is 6.90. The maximum Gasteiger partial charge on any atom is 0.338 e. The molecule has 2 aromatic carbocycles. The van der Waals surface area contributed by atoms with Gasteiger partial charge in [-0.1, -0.05) is 23.2 Å². The van der Waals surface area contributed by atoms with Crippen molar-refractivity contribution >= 4 is 40.8 Å². The Kier molecular flexibility index (Phi) is 5.36. The van der Waals surface area contributed by atoms with Crippen molar-refractivity contribution in [1.82, 2.24) is 10.9 Å². The third kappa shape index (κ3) is 4.54. The van der Waals surface area contributed by atoms with Crippen molar-refractivity contribution in [2.75, 3.05) is 5.32 Å². The van der Waals surface area contributed by atoms with Crippen LogP contribution in [-0.4, -0.2) is 11.9 Å². The Hall–Kier alpha value is -2.38. The van der Waals surface area contributed by atoms with Gasteiger partial charge in [-0.3, -0.25) is 10.2 Å². The number of hydrazine groups is 1.